The van der Waals surface area contributed by atoms with Crippen LogP contribution in [0.2, 0.25) is 0 Å². The predicted molar refractivity (Wildman–Crippen MR) is 154 cm³/mol. The number of nitrogens with zero attached hydrogens (tertiary/aromatic N) is 1. The Balaban J connectivity index is 0.0000102. The van der Waals surface area contributed by atoms with Gasteiger partial charge in [0, 0.05) is 5.54 Å². The molecule has 0 aromatic heterocycles. The Bertz CT molecular complexity index is 395. The molecular formula is C30H62BrNO. The van der Waals surface area contributed by atoms with Crippen LogP contribution in [0.15, 0.2) is 0 Å². The zero-order valence-electron chi connectivity index (χ0n) is 23.1. The van der Waals surface area contributed by atoms with Crippen LogP contribution in [-0.2, 0) is 0 Å². The van der Waals surface area contributed by atoms with Gasteiger partial charge in [0.15, 0.2) is 0 Å². The third-order valence-corrected chi connectivity index (χ3v) is 8.24. The topological polar surface area (TPSA) is 23.5 Å². The molecule has 0 spiro atoms. The number of hydrogen-bond acceptors (Lipinski definition) is 2. The van der Waals surface area contributed by atoms with Gasteiger partial charge >= 0.3 is 0 Å². The zero-order valence-corrected chi connectivity index (χ0v) is 24.8. The summed E-state index contributed by atoms with van der Waals surface area (Å²) in [6, 6.07) is 0. The molecule has 0 amide bonds. The van der Waals surface area contributed by atoms with Gasteiger partial charge in [-0.3, -0.25) is 0 Å². The molecule has 0 aromatic rings. The van der Waals surface area contributed by atoms with E-state index in [1.165, 1.54) is 148 Å². The minimum absolute atomic E-state index is 0. The van der Waals surface area contributed by atoms with Gasteiger partial charge in [-0.05, 0) is 39.8 Å². The van der Waals surface area contributed by atoms with Crippen molar-refractivity contribution in [2.75, 3.05) is 14.1 Å². The molecule has 0 saturated heterocycles. The number of halogens is 1. The van der Waals surface area contributed by atoms with Gasteiger partial charge in [0.25, 0.3) is 0 Å². The molecule has 1 N–H and O–H groups in total. The normalized spacial score (nSPS) is 16.6. The number of aliphatic hydroxyl groups is 1. The highest BCUT2D eigenvalue weighted by atomic mass is 79.9. The van der Waals surface area contributed by atoms with Crippen LogP contribution in [0.25, 0.3) is 0 Å². The highest BCUT2D eigenvalue weighted by Crippen LogP contribution is 2.36. The molecule has 0 aromatic carbocycles. The van der Waals surface area contributed by atoms with Crippen molar-refractivity contribution >= 4 is 17.0 Å². The molecule has 1 saturated carbocycles. The van der Waals surface area contributed by atoms with Crippen molar-refractivity contribution in [2.24, 2.45) is 0 Å². The Hall–Kier alpha value is 0.400. The van der Waals surface area contributed by atoms with Crippen LogP contribution in [0.1, 0.15) is 167 Å². The summed E-state index contributed by atoms with van der Waals surface area (Å²) in [7, 11) is 4.43. The maximum atomic E-state index is 10.6. The van der Waals surface area contributed by atoms with E-state index in [1.807, 2.05) is 0 Å². The summed E-state index contributed by atoms with van der Waals surface area (Å²) < 4.78 is 0. The summed E-state index contributed by atoms with van der Waals surface area (Å²) in [5.74, 6) is 0. The van der Waals surface area contributed by atoms with Gasteiger partial charge in [0.05, 0.1) is 6.10 Å². The largest absolute Gasteiger partial charge is 0.393 e. The van der Waals surface area contributed by atoms with E-state index in [9.17, 15) is 5.11 Å². The van der Waals surface area contributed by atoms with E-state index >= 15 is 0 Å². The summed E-state index contributed by atoms with van der Waals surface area (Å²) in [6.07, 6.45) is 34.1. The summed E-state index contributed by atoms with van der Waals surface area (Å²) >= 11 is 0. The molecule has 33 heavy (non-hydrogen) atoms. The molecular weight excluding hydrogens is 470 g/mol. The van der Waals surface area contributed by atoms with Gasteiger partial charge in [-0.15, -0.1) is 17.0 Å². The number of rotatable bonds is 22. The first-order valence-electron chi connectivity index (χ1n) is 15.0. The van der Waals surface area contributed by atoms with Crippen molar-refractivity contribution in [3.05, 3.63) is 0 Å². The van der Waals surface area contributed by atoms with Crippen molar-refractivity contribution < 1.29 is 5.11 Å². The predicted octanol–water partition coefficient (Wildman–Crippen LogP) is 10.0. The fraction of sp³-hybridized carbons (Fsp3) is 1.00. The molecule has 0 aliphatic heterocycles. The molecule has 3 heteroatoms. The van der Waals surface area contributed by atoms with Crippen molar-refractivity contribution in [3.8, 4) is 0 Å². The summed E-state index contributed by atoms with van der Waals surface area (Å²) in [5, 5.41) is 10.6. The Morgan fingerprint density at radius 2 is 0.970 bits per heavy atom. The monoisotopic (exact) mass is 531 g/mol. The van der Waals surface area contributed by atoms with Gasteiger partial charge < -0.3 is 10.0 Å². The smallest absolute Gasteiger partial charge is 0.0557 e. The van der Waals surface area contributed by atoms with E-state index in [2.05, 4.69) is 25.9 Å². The van der Waals surface area contributed by atoms with E-state index in [4.69, 9.17) is 0 Å². The summed E-state index contributed by atoms with van der Waals surface area (Å²) in [6.45, 7) is 2.30. The molecule has 1 rings (SSSR count). The number of hydrogen-bond donors (Lipinski definition) is 1. The van der Waals surface area contributed by atoms with Crippen LogP contribution in [-0.4, -0.2) is 35.7 Å². The van der Waals surface area contributed by atoms with Gasteiger partial charge in [0.2, 0.25) is 0 Å². The highest BCUT2D eigenvalue weighted by molar-refractivity contribution is 8.93. The Labute approximate surface area is 219 Å². The van der Waals surface area contributed by atoms with Crippen molar-refractivity contribution in [3.63, 3.8) is 0 Å². The first-order chi connectivity index (χ1) is 15.6. The third kappa shape index (κ3) is 17.5. The van der Waals surface area contributed by atoms with E-state index in [0.29, 0.717) is 0 Å². The fourth-order valence-electron chi connectivity index (χ4n) is 5.87. The molecule has 1 aliphatic carbocycles. The lowest BCUT2D eigenvalue weighted by Crippen LogP contribution is -2.48. The van der Waals surface area contributed by atoms with Gasteiger partial charge in [-0.2, -0.15) is 0 Å². The minimum Gasteiger partial charge on any atom is -0.393 e. The number of aliphatic hydroxyl groups excluding tert-OH is 1. The van der Waals surface area contributed by atoms with Crippen LogP contribution in [0.3, 0.4) is 0 Å². The zero-order chi connectivity index (χ0) is 23.3. The van der Waals surface area contributed by atoms with E-state index in [-0.39, 0.29) is 28.6 Å². The first kappa shape index (κ1) is 33.4. The van der Waals surface area contributed by atoms with E-state index in [1.54, 1.807) is 0 Å². The third-order valence-electron chi connectivity index (χ3n) is 8.24. The molecule has 1 atom stereocenters. The average molecular weight is 533 g/mol. The van der Waals surface area contributed by atoms with Crippen molar-refractivity contribution in [1.29, 1.82) is 0 Å². The molecule has 0 heterocycles. The SMILES string of the molecule is Br.CCCCCCCCCCCCCCCCCCCCC(O)CC1(N(C)C)CCCCC1. The molecule has 1 fully saturated rings. The van der Waals surface area contributed by atoms with Gasteiger partial charge in [-0.25, -0.2) is 0 Å². The van der Waals surface area contributed by atoms with Crippen molar-refractivity contribution in [1.82, 2.24) is 4.90 Å². The molecule has 2 nitrogen and oxygen atoms in total. The maximum Gasteiger partial charge on any atom is 0.0557 e. The summed E-state index contributed by atoms with van der Waals surface area (Å²) in [4.78, 5) is 2.41. The molecule has 0 bridgehead atoms. The van der Waals surface area contributed by atoms with Crippen LogP contribution >= 0.6 is 17.0 Å². The minimum atomic E-state index is -0.100. The van der Waals surface area contributed by atoms with Crippen LogP contribution < -0.4 is 0 Å². The van der Waals surface area contributed by atoms with Gasteiger partial charge in [-0.1, -0.05) is 142 Å². The second kappa shape index (κ2) is 22.8. The first-order valence-corrected chi connectivity index (χ1v) is 15.0. The second-order valence-electron chi connectivity index (χ2n) is 11.3. The summed E-state index contributed by atoms with van der Waals surface area (Å²) in [5.41, 5.74) is 0.270. The highest BCUT2D eigenvalue weighted by Gasteiger charge is 2.35. The Kier molecular flexibility index (Phi) is 23.1. The van der Waals surface area contributed by atoms with Crippen LogP contribution in [0.4, 0.5) is 0 Å². The molecule has 200 valence electrons. The Morgan fingerprint density at radius 3 is 1.33 bits per heavy atom. The van der Waals surface area contributed by atoms with Crippen LogP contribution in [0.5, 0.6) is 0 Å². The van der Waals surface area contributed by atoms with Crippen molar-refractivity contribution in [2.45, 2.75) is 179 Å². The lowest BCUT2D eigenvalue weighted by molar-refractivity contribution is 0.0290. The molecule has 1 unspecified atom stereocenters. The lowest BCUT2D eigenvalue weighted by atomic mass is 9.76. The molecule has 1 aliphatic rings. The van der Waals surface area contributed by atoms with Gasteiger partial charge in [0.1, 0.15) is 0 Å². The lowest BCUT2D eigenvalue weighted by Gasteiger charge is -2.44. The fourth-order valence-corrected chi connectivity index (χ4v) is 5.87. The molecule has 0 radical (unpaired) electrons. The van der Waals surface area contributed by atoms with E-state index in [0.717, 1.165) is 12.8 Å². The Morgan fingerprint density at radius 1 is 0.606 bits per heavy atom. The average Bonchev–Trinajstić information content (AvgIpc) is 2.78. The van der Waals surface area contributed by atoms with Crippen LogP contribution in [0, 0.1) is 0 Å². The number of unbranched alkanes of at least 4 members (excludes halogenated alkanes) is 17. The standard InChI is InChI=1S/C30H61NO.BrH/c1-4-5-6-7-8-9-10-11-12-13-14-15-16-17-18-19-20-22-25-29(32)28-30(31(2)3)26-23-21-24-27-30;/h29,32H,4-28H2,1-3H3;1H. The quantitative estimate of drug-likeness (QED) is 0.140. The second-order valence-corrected chi connectivity index (χ2v) is 11.3. The van der Waals surface area contributed by atoms with E-state index < -0.39 is 0 Å². The maximum absolute atomic E-state index is 10.6.